The highest BCUT2D eigenvalue weighted by Gasteiger charge is 2.34. The van der Waals surface area contributed by atoms with Crippen LogP contribution in [0.25, 0.3) is 0 Å². The SMILES string of the molecule is CCN(CC(=O)O)C1CC(NC(=O)NCc2ccnc(N3CCCC3)c2)C1. The fourth-order valence-corrected chi connectivity index (χ4v) is 3.79. The number of aliphatic carboxylic acids is 1. The van der Waals surface area contributed by atoms with Gasteiger partial charge in [0.15, 0.2) is 0 Å². The summed E-state index contributed by atoms with van der Waals surface area (Å²) in [7, 11) is 0. The first kappa shape index (κ1) is 19.4. The minimum Gasteiger partial charge on any atom is -0.480 e. The van der Waals surface area contributed by atoms with Crippen molar-refractivity contribution in [2.45, 2.75) is 51.2 Å². The van der Waals surface area contributed by atoms with Crippen LogP contribution in [0.3, 0.4) is 0 Å². The molecule has 3 N–H and O–H groups in total. The van der Waals surface area contributed by atoms with Crippen molar-refractivity contribution in [3.63, 3.8) is 0 Å². The maximum absolute atomic E-state index is 12.1. The quantitative estimate of drug-likeness (QED) is 0.636. The van der Waals surface area contributed by atoms with Gasteiger partial charge in [0.25, 0.3) is 0 Å². The van der Waals surface area contributed by atoms with E-state index in [2.05, 4.69) is 20.5 Å². The van der Waals surface area contributed by atoms with Crippen LogP contribution in [0.5, 0.6) is 0 Å². The summed E-state index contributed by atoms with van der Waals surface area (Å²) in [6.45, 7) is 5.28. The second-order valence-electron chi connectivity index (χ2n) is 7.32. The fourth-order valence-electron chi connectivity index (χ4n) is 3.79. The molecule has 2 aliphatic rings. The lowest BCUT2D eigenvalue weighted by Crippen LogP contribution is -2.56. The normalized spacial score (nSPS) is 21.8. The molecular formula is C19H29N5O3. The van der Waals surface area contributed by atoms with Gasteiger partial charge in [-0.2, -0.15) is 0 Å². The van der Waals surface area contributed by atoms with Gasteiger partial charge in [-0.15, -0.1) is 0 Å². The first-order valence-electron chi connectivity index (χ1n) is 9.75. The second kappa shape index (κ2) is 9.03. The zero-order valence-electron chi connectivity index (χ0n) is 15.9. The molecule has 0 aromatic carbocycles. The lowest BCUT2D eigenvalue weighted by molar-refractivity contribution is -0.139. The monoisotopic (exact) mass is 375 g/mol. The van der Waals surface area contributed by atoms with Crippen LogP contribution in [0.1, 0.15) is 38.2 Å². The number of carbonyl (C=O) groups is 2. The summed E-state index contributed by atoms with van der Waals surface area (Å²) in [5.74, 6) is 0.170. The number of pyridine rings is 1. The average molecular weight is 375 g/mol. The van der Waals surface area contributed by atoms with E-state index >= 15 is 0 Å². The Morgan fingerprint density at radius 3 is 2.74 bits per heavy atom. The lowest BCUT2D eigenvalue weighted by Gasteiger charge is -2.42. The maximum atomic E-state index is 12.1. The molecule has 1 saturated carbocycles. The van der Waals surface area contributed by atoms with Crippen molar-refractivity contribution in [1.82, 2.24) is 20.5 Å². The number of nitrogens with one attached hydrogen (secondary N) is 2. The topological polar surface area (TPSA) is 97.8 Å². The van der Waals surface area contributed by atoms with Crippen LogP contribution in [0.4, 0.5) is 10.6 Å². The molecule has 0 spiro atoms. The minimum atomic E-state index is -0.809. The van der Waals surface area contributed by atoms with Gasteiger partial charge in [-0.05, 0) is 49.9 Å². The average Bonchev–Trinajstić information content (AvgIpc) is 3.16. The molecule has 3 rings (SSSR count). The summed E-state index contributed by atoms with van der Waals surface area (Å²) in [5.41, 5.74) is 1.03. The summed E-state index contributed by atoms with van der Waals surface area (Å²) in [6.07, 6.45) is 5.79. The minimum absolute atomic E-state index is 0.0570. The fraction of sp³-hybridized carbons (Fsp3) is 0.632. The van der Waals surface area contributed by atoms with Crippen molar-refractivity contribution in [3.8, 4) is 0 Å². The van der Waals surface area contributed by atoms with Crippen LogP contribution >= 0.6 is 0 Å². The molecule has 0 unspecified atom stereocenters. The van der Waals surface area contributed by atoms with Gasteiger partial charge < -0.3 is 20.6 Å². The summed E-state index contributed by atoms with van der Waals surface area (Å²) in [5, 5.41) is 14.8. The number of hydrogen-bond donors (Lipinski definition) is 3. The molecule has 2 heterocycles. The third-order valence-electron chi connectivity index (χ3n) is 5.40. The first-order valence-corrected chi connectivity index (χ1v) is 9.75. The van der Waals surface area contributed by atoms with E-state index < -0.39 is 5.97 Å². The van der Waals surface area contributed by atoms with Gasteiger partial charge in [0.1, 0.15) is 5.82 Å². The van der Waals surface area contributed by atoms with Gasteiger partial charge in [0, 0.05) is 37.9 Å². The molecule has 1 aromatic heterocycles. The van der Waals surface area contributed by atoms with Gasteiger partial charge in [-0.25, -0.2) is 9.78 Å². The number of anilines is 1. The van der Waals surface area contributed by atoms with E-state index in [0.717, 1.165) is 37.3 Å². The van der Waals surface area contributed by atoms with E-state index in [1.165, 1.54) is 12.8 Å². The zero-order valence-corrected chi connectivity index (χ0v) is 15.9. The Hall–Kier alpha value is -2.35. The predicted octanol–water partition coefficient (Wildman–Crippen LogP) is 1.42. The number of carboxylic acids is 1. The summed E-state index contributed by atoms with van der Waals surface area (Å²) >= 11 is 0. The molecule has 2 fully saturated rings. The maximum Gasteiger partial charge on any atom is 0.317 e. The van der Waals surface area contributed by atoms with E-state index in [1.54, 1.807) is 6.20 Å². The van der Waals surface area contributed by atoms with E-state index in [-0.39, 0.29) is 24.7 Å². The van der Waals surface area contributed by atoms with Gasteiger partial charge in [0.2, 0.25) is 0 Å². The largest absolute Gasteiger partial charge is 0.480 e. The number of nitrogens with zero attached hydrogens (tertiary/aromatic N) is 3. The molecule has 0 atom stereocenters. The van der Waals surface area contributed by atoms with Gasteiger partial charge >= 0.3 is 12.0 Å². The summed E-state index contributed by atoms with van der Waals surface area (Å²) in [6, 6.07) is 4.12. The highest BCUT2D eigenvalue weighted by atomic mass is 16.4. The molecule has 1 aliphatic heterocycles. The van der Waals surface area contributed by atoms with Crippen LogP contribution < -0.4 is 15.5 Å². The van der Waals surface area contributed by atoms with E-state index in [1.807, 2.05) is 24.0 Å². The van der Waals surface area contributed by atoms with Crippen molar-refractivity contribution < 1.29 is 14.7 Å². The molecule has 8 heteroatoms. The summed E-state index contributed by atoms with van der Waals surface area (Å²) < 4.78 is 0. The molecule has 2 amide bonds. The number of carboxylic acid groups (broad SMARTS) is 1. The Bertz CT molecular complexity index is 657. The van der Waals surface area contributed by atoms with E-state index in [9.17, 15) is 9.59 Å². The molecule has 0 radical (unpaired) electrons. The number of carbonyl (C=O) groups excluding carboxylic acids is 1. The van der Waals surface area contributed by atoms with Crippen molar-refractivity contribution in [2.24, 2.45) is 0 Å². The highest BCUT2D eigenvalue weighted by Crippen LogP contribution is 2.25. The van der Waals surface area contributed by atoms with Crippen LogP contribution in [-0.4, -0.2) is 65.3 Å². The third kappa shape index (κ3) is 5.32. The third-order valence-corrected chi connectivity index (χ3v) is 5.40. The Labute approximate surface area is 159 Å². The molecule has 1 aromatic rings. The highest BCUT2D eigenvalue weighted by molar-refractivity contribution is 5.74. The Kier molecular flexibility index (Phi) is 6.49. The Morgan fingerprint density at radius 1 is 1.33 bits per heavy atom. The number of amides is 2. The van der Waals surface area contributed by atoms with Crippen molar-refractivity contribution in [2.75, 3.05) is 31.1 Å². The number of rotatable bonds is 8. The number of hydrogen-bond acceptors (Lipinski definition) is 5. The molecule has 0 bridgehead atoms. The van der Waals surface area contributed by atoms with Crippen molar-refractivity contribution in [1.29, 1.82) is 0 Å². The van der Waals surface area contributed by atoms with Crippen LogP contribution in [0.2, 0.25) is 0 Å². The molecule has 148 valence electrons. The van der Waals surface area contributed by atoms with Gasteiger partial charge in [-0.3, -0.25) is 9.69 Å². The Morgan fingerprint density at radius 2 is 2.07 bits per heavy atom. The van der Waals surface area contributed by atoms with Crippen molar-refractivity contribution in [3.05, 3.63) is 23.9 Å². The lowest BCUT2D eigenvalue weighted by atomic mass is 9.85. The molecule has 8 nitrogen and oxygen atoms in total. The van der Waals surface area contributed by atoms with Gasteiger partial charge in [0.05, 0.1) is 6.54 Å². The van der Waals surface area contributed by atoms with E-state index in [4.69, 9.17) is 5.11 Å². The molecule has 27 heavy (non-hydrogen) atoms. The Balaban J connectivity index is 1.39. The predicted molar refractivity (Wildman–Crippen MR) is 103 cm³/mol. The van der Waals surface area contributed by atoms with Crippen molar-refractivity contribution >= 4 is 17.8 Å². The smallest absolute Gasteiger partial charge is 0.317 e. The van der Waals surface area contributed by atoms with Crippen LogP contribution in [0.15, 0.2) is 18.3 Å². The van der Waals surface area contributed by atoms with Gasteiger partial charge in [-0.1, -0.05) is 6.92 Å². The number of aromatic nitrogens is 1. The number of likely N-dealkylation sites (N-methyl/N-ethyl adjacent to an activating group) is 1. The number of urea groups is 1. The molecular weight excluding hydrogens is 346 g/mol. The second-order valence-corrected chi connectivity index (χ2v) is 7.32. The van der Waals surface area contributed by atoms with Crippen LogP contribution in [0, 0.1) is 0 Å². The van der Waals surface area contributed by atoms with Crippen LogP contribution in [-0.2, 0) is 11.3 Å². The standard InChI is InChI=1S/C19H29N5O3/c1-2-23(13-18(25)26)16-10-15(11-16)22-19(27)21-12-14-5-6-20-17(9-14)24-7-3-4-8-24/h5-6,9,15-16H,2-4,7-8,10-13H2,1H3,(H,25,26)(H2,21,22,27). The van der Waals surface area contributed by atoms with E-state index in [0.29, 0.717) is 13.1 Å². The zero-order chi connectivity index (χ0) is 19.2. The molecule has 1 aliphatic carbocycles. The molecule has 1 saturated heterocycles. The first-order chi connectivity index (χ1) is 13.0. The summed E-state index contributed by atoms with van der Waals surface area (Å²) in [4.78, 5) is 31.6.